The van der Waals surface area contributed by atoms with E-state index in [9.17, 15) is 5.11 Å². The molecular formula is C11H20O. The maximum Gasteiger partial charge on any atom is 0.0574 e. The number of hydrogen-bond donors (Lipinski definition) is 1. The van der Waals surface area contributed by atoms with Crippen LogP contribution in [0.15, 0.2) is 0 Å². The van der Waals surface area contributed by atoms with Crippen molar-refractivity contribution in [2.24, 2.45) is 23.2 Å². The molecule has 1 heteroatoms. The summed E-state index contributed by atoms with van der Waals surface area (Å²) in [5, 5.41) is 9.80. The van der Waals surface area contributed by atoms with E-state index in [-0.39, 0.29) is 6.10 Å². The van der Waals surface area contributed by atoms with E-state index in [0.717, 1.165) is 24.7 Å². The van der Waals surface area contributed by atoms with E-state index in [1.807, 2.05) is 0 Å². The highest BCUT2D eigenvalue weighted by Crippen LogP contribution is 2.61. The molecule has 0 saturated heterocycles. The van der Waals surface area contributed by atoms with Crippen molar-refractivity contribution >= 4 is 0 Å². The van der Waals surface area contributed by atoms with E-state index in [1.54, 1.807) is 0 Å². The first-order valence-corrected chi connectivity index (χ1v) is 5.25. The van der Waals surface area contributed by atoms with Gasteiger partial charge in [-0.15, -0.1) is 0 Å². The Morgan fingerprint density at radius 1 is 1.33 bits per heavy atom. The van der Waals surface area contributed by atoms with Gasteiger partial charge >= 0.3 is 0 Å². The Balaban J connectivity index is 2.15. The minimum Gasteiger partial charge on any atom is -0.393 e. The molecule has 2 bridgehead atoms. The van der Waals surface area contributed by atoms with Gasteiger partial charge in [0.25, 0.3) is 0 Å². The quantitative estimate of drug-likeness (QED) is 0.637. The van der Waals surface area contributed by atoms with Crippen LogP contribution >= 0.6 is 0 Å². The summed E-state index contributed by atoms with van der Waals surface area (Å²) in [4.78, 5) is 0. The van der Waals surface area contributed by atoms with Crippen molar-refractivity contribution in [2.75, 3.05) is 0 Å². The van der Waals surface area contributed by atoms with Crippen LogP contribution in [0.4, 0.5) is 0 Å². The van der Waals surface area contributed by atoms with E-state index in [4.69, 9.17) is 0 Å². The summed E-state index contributed by atoms with van der Waals surface area (Å²) in [6, 6.07) is 0. The molecule has 0 heterocycles. The second kappa shape index (κ2) is 2.47. The third-order valence-corrected chi connectivity index (χ3v) is 4.55. The first kappa shape index (κ1) is 8.55. The summed E-state index contributed by atoms with van der Waals surface area (Å²) >= 11 is 0. The summed E-state index contributed by atoms with van der Waals surface area (Å²) in [7, 11) is 0. The molecule has 70 valence electrons. The molecule has 1 nitrogen and oxygen atoms in total. The molecule has 0 aromatic rings. The Morgan fingerprint density at radius 2 is 2.00 bits per heavy atom. The van der Waals surface area contributed by atoms with Gasteiger partial charge in [-0.2, -0.15) is 0 Å². The molecule has 0 amide bonds. The maximum absolute atomic E-state index is 9.80. The molecule has 3 aliphatic carbocycles. The fourth-order valence-corrected chi connectivity index (χ4v) is 3.47. The molecule has 3 fully saturated rings. The standard InChI is InChI=1S/C11H20O/c1-4-8-9-5-7(6-10(8)12)11(9,2)3/h7-10,12H,4-6H2,1-3H3/t7-,8-,9+,10-/m0/s1. The SMILES string of the molecule is CC[C@H]1[C@H]2C[C@@H](C[C@@H]1O)C2(C)C. The highest BCUT2D eigenvalue weighted by molar-refractivity contribution is 5.05. The summed E-state index contributed by atoms with van der Waals surface area (Å²) in [6.45, 7) is 6.96. The molecule has 4 atom stereocenters. The van der Waals surface area contributed by atoms with Crippen LogP contribution in [-0.4, -0.2) is 11.2 Å². The second-order valence-corrected chi connectivity index (χ2v) is 5.24. The molecule has 0 radical (unpaired) electrons. The van der Waals surface area contributed by atoms with Gasteiger partial charge in [-0.05, 0) is 36.0 Å². The fraction of sp³-hybridized carbons (Fsp3) is 1.00. The summed E-state index contributed by atoms with van der Waals surface area (Å²) in [6.07, 6.45) is 3.60. The minimum atomic E-state index is 0.00627. The predicted octanol–water partition coefficient (Wildman–Crippen LogP) is 2.44. The van der Waals surface area contributed by atoms with Crippen LogP contribution < -0.4 is 0 Å². The summed E-state index contributed by atoms with van der Waals surface area (Å²) in [5.74, 6) is 2.20. The molecule has 1 N–H and O–H groups in total. The maximum atomic E-state index is 9.80. The van der Waals surface area contributed by atoms with Crippen molar-refractivity contribution in [1.29, 1.82) is 0 Å². The fourth-order valence-electron chi connectivity index (χ4n) is 3.47. The average Bonchev–Trinajstić information content (AvgIpc) is 2.03. The van der Waals surface area contributed by atoms with Crippen LogP contribution in [0.25, 0.3) is 0 Å². The predicted molar refractivity (Wildman–Crippen MR) is 49.8 cm³/mol. The number of hydrogen-bond acceptors (Lipinski definition) is 1. The van der Waals surface area contributed by atoms with Gasteiger partial charge in [0.1, 0.15) is 0 Å². The Morgan fingerprint density at radius 3 is 2.42 bits per heavy atom. The molecule has 3 rings (SSSR count). The molecule has 0 aromatic carbocycles. The molecular weight excluding hydrogens is 148 g/mol. The molecule has 0 unspecified atom stereocenters. The Hall–Kier alpha value is -0.0400. The van der Waals surface area contributed by atoms with E-state index >= 15 is 0 Å². The van der Waals surface area contributed by atoms with Crippen molar-refractivity contribution in [3.05, 3.63) is 0 Å². The monoisotopic (exact) mass is 168 g/mol. The average molecular weight is 168 g/mol. The Labute approximate surface area is 75.2 Å². The highest BCUT2D eigenvalue weighted by Gasteiger charge is 2.56. The van der Waals surface area contributed by atoms with Crippen molar-refractivity contribution in [3.63, 3.8) is 0 Å². The van der Waals surface area contributed by atoms with Crippen molar-refractivity contribution in [1.82, 2.24) is 0 Å². The topological polar surface area (TPSA) is 20.2 Å². The molecule has 3 saturated carbocycles. The van der Waals surface area contributed by atoms with Gasteiger partial charge in [0.2, 0.25) is 0 Å². The van der Waals surface area contributed by atoms with Crippen LogP contribution in [0, 0.1) is 23.2 Å². The van der Waals surface area contributed by atoms with Gasteiger partial charge in [-0.3, -0.25) is 0 Å². The van der Waals surface area contributed by atoms with Gasteiger partial charge in [-0.25, -0.2) is 0 Å². The molecule has 3 aliphatic rings. The summed E-state index contributed by atoms with van der Waals surface area (Å²) in [5.41, 5.74) is 0.528. The largest absolute Gasteiger partial charge is 0.393 e. The lowest BCUT2D eigenvalue weighted by Gasteiger charge is -2.61. The number of aliphatic hydroxyl groups excluding tert-OH is 1. The zero-order valence-electron chi connectivity index (χ0n) is 8.38. The lowest BCUT2D eigenvalue weighted by molar-refractivity contribution is -0.161. The number of rotatable bonds is 1. The van der Waals surface area contributed by atoms with Crippen LogP contribution in [0.5, 0.6) is 0 Å². The van der Waals surface area contributed by atoms with Gasteiger partial charge in [0, 0.05) is 0 Å². The molecule has 0 spiro atoms. The van der Waals surface area contributed by atoms with E-state index < -0.39 is 0 Å². The van der Waals surface area contributed by atoms with E-state index in [0.29, 0.717) is 11.3 Å². The number of aliphatic hydroxyl groups is 1. The van der Waals surface area contributed by atoms with Crippen LogP contribution in [0.2, 0.25) is 0 Å². The van der Waals surface area contributed by atoms with Gasteiger partial charge < -0.3 is 5.11 Å². The minimum absolute atomic E-state index is 0.00627. The van der Waals surface area contributed by atoms with Crippen molar-refractivity contribution in [2.45, 2.75) is 46.1 Å². The van der Waals surface area contributed by atoms with Gasteiger partial charge in [0.15, 0.2) is 0 Å². The third-order valence-electron chi connectivity index (χ3n) is 4.55. The smallest absolute Gasteiger partial charge is 0.0574 e. The lowest BCUT2D eigenvalue weighted by Crippen LogP contribution is -2.57. The molecule has 0 aliphatic heterocycles. The third kappa shape index (κ3) is 0.891. The van der Waals surface area contributed by atoms with Gasteiger partial charge in [0.05, 0.1) is 6.10 Å². The van der Waals surface area contributed by atoms with Crippen LogP contribution in [-0.2, 0) is 0 Å². The second-order valence-electron chi connectivity index (χ2n) is 5.24. The lowest BCUT2D eigenvalue weighted by atomic mass is 9.44. The Bertz CT molecular complexity index is 185. The van der Waals surface area contributed by atoms with Crippen molar-refractivity contribution in [3.8, 4) is 0 Å². The number of fused-ring (bicyclic) bond motifs is 2. The summed E-state index contributed by atoms with van der Waals surface area (Å²) < 4.78 is 0. The molecule has 12 heavy (non-hydrogen) atoms. The first-order valence-electron chi connectivity index (χ1n) is 5.25. The van der Waals surface area contributed by atoms with Crippen LogP contribution in [0.3, 0.4) is 0 Å². The van der Waals surface area contributed by atoms with Gasteiger partial charge in [-0.1, -0.05) is 27.2 Å². The van der Waals surface area contributed by atoms with E-state index in [1.165, 1.54) is 6.42 Å². The van der Waals surface area contributed by atoms with Crippen LogP contribution in [0.1, 0.15) is 40.0 Å². The Kier molecular flexibility index (Phi) is 1.76. The zero-order valence-corrected chi connectivity index (χ0v) is 8.38. The first-order chi connectivity index (χ1) is 5.57. The van der Waals surface area contributed by atoms with Crippen molar-refractivity contribution < 1.29 is 5.11 Å². The normalized spacial score (nSPS) is 50.0. The molecule has 0 aromatic heterocycles. The highest BCUT2D eigenvalue weighted by atomic mass is 16.3. The van der Waals surface area contributed by atoms with E-state index in [2.05, 4.69) is 20.8 Å². The zero-order chi connectivity index (χ0) is 8.93.